The highest BCUT2D eigenvalue weighted by Crippen LogP contribution is 2.12. The topological polar surface area (TPSA) is 13.0 Å². The summed E-state index contributed by atoms with van der Waals surface area (Å²) in [6.07, 6.45) is 15.7. The maximum Gasteiger partial charge on any atom is 0.000438 e. The summed E-state index contributed by atoms with van der Waals surface area (Å²) in [7, 11) is 0. The van der Waals surface area contributed by atoms with Crippen molar-refractivity contribution in [3.05, 3.63) is 0 Å². The molecule has 0 amide bonds. The molecule has 4 heterocycles. The van der Waals surface area contributed by atoms with E-state index in [1.54, 1.807) is 0 Å². The summed E-state index contributed by atoms with van der Waals surface area (Å²) in [4.78, 5) is 10.3. The van der Waals surface area contributed by atoms with E-state index in [1.807, 2.05) is 0 Å². The zero-order valence-corrected chi connectivity index (χ0v) is 28.4. The first-order chi connectivity index (χ1) is 18.7. The Hall–Kier alpha value is -0.160. The first-order valence-electron chi connectivity index (χ1n) is 17.5. The van der Waals surface area contributed by atoms with Crippen LogP contribution in [0.5, 0.6) is 0 Å². The summed E-state index contributed by atoms with van der Waals surface area (Å²) in [5.41, 5.74) is 0. The van der Waals surface area contributed by atoms with E-state index in [4.69, 9.17) is 0 Å². The monoisotopic (exact) mass is 583 g/mol. The van der Waals surface area contributed by atoms with Crippen molar-refractivity contribution in [2.24, 2.45) is 23.7 Å². The molecular weight excluding hydrogens is 500 g/mol. The van der Waals surface area contributed by atoms with Gasteiger partial charge in [0, 0.05) is 26.2 Å². The fourth-order valence-corrected chi connectivity index (χ4v) is 6.46. The Balaban J connectivity index is 0. The van der Waals surface area contributed by atoms with E-state index in [-0.39, 0.29) is 14.9 Å². The van der Waals surface area contributed by atoms with Crippen LogP contribution in [0.3, 0.4) is 0 Å². The third kappa shape index (κ3) is 26.0. The van der Waals surface area contributed by atoms with E-state index in [2.05, 4.69) is 75.0 Å². The molecule has 0 N–H and O–H groups in total. The minimum Gasteiger partial charge on any atom is -0.303 e. The Morgan fingerprint density at radius 2 is 0.439 bits per heavy atom. The van der Waals surface area contributed by atoms with E-state index in [0.717, 1.165) is 23.7 Å². The number of nitrogens with zero attached hydrogens (tertiary/aromatic N) is 4. The number of hydrogen-bond acceptors (Lipinski definition) is 4. The highest BCUT2D eigenvalue weighted by molar-refractivity contribution is 4.68. The molecule has 0 aliphatic carbocycles. The maximum absolute atomic E-state index is 2.59. The number of piperidine rings is 3. The lowest BCUT2D eigenvalue weighted by molar-refractivity contribution is 0.206. The fraction of sp³-hybridized carbons (Fsp3) is 1.00. The Labute approximate surface area is 262 Å². The van der Waals surface area contributed by atoms with Crippen molar-refractivity contribution in [3.8, 4) is 0 Å². The van der Waals surface area contributed by atoms with Gasteiger partial charge in [-0.05, 0) is 127 Å². The van der Waals surface area contributed by atoms with Crippen molar-refractivity contribution in [3.63, 3.8) is 0 Å². The van der Waals surface area contributed by atoms with Gasteiger partial charge in [-0.25, -0.2) is 0 Å². The summed E-state index contributed by atoms with van der Waals surface area (Å²) in [5.74, 6) is 3.39. The van der Waals surface area contributed by atoms with Crippen LogP contribution in [-0.4, -0.2) is 98.1 Å². The molecule has 0 saturated carbocycles. The van der Waals surface area contributed by atoms with E-state index in [1.165, 1.54) is 149 Å². The van der Waals surface area contributed by atoms with Crippen molar-refractivity contribution in [1.82, 2.24) is 19.6 Å². The second-order valence-corrected chi connectivity index (χ2v) is 14.7. The van der Waals surface area contributed by atoms with Crippen molar-refractivity contribution < 1.29 is 0 Å². The third-order valence-electron chi connectivity index (χ3n) is 8.04. The van der Waals surface area contributed by atoms with Gasteiger partial charge in [0.2, 0.25) is 0 Å². The van der Waals surface area contributed by atoms with Crippen molar-refractivity contribution in [1.29, 1.82) is 0 Å². The second kappa shape index (κ2) is 27.4. The van der Waals surface area contributed by atoms with Crippen LogP contribution in [0.25, 0.3) is 0 Å². The van der Waals surface area contributed by atoms with Crippen LogP contribution < -0.4 is 0 Å². The predicted octanol–water partition coefficient (Wildman–Crippen LogP) is 9.40. The number of rotatable bonds is 8. The molecule has 4 rings (SSSR count). The van der Waals surface area contributed by atoms with Gasteiger partial charge in [0.25, 0.3) is 0 Å². The minimum absolute atomic E-state index is 0. The average Bonchev–Trinajstić information content (AvgIpc) is 3.38. The largest absolute Gasteiger partial charge is 0.303 e. The molecule has 4 fully saturated rings. The van der Waals surface area contributed by atoms with Crippen LogP contribution in [0.4, 0.5) is 0 Å². The maximum atomic E-state index is 2.59. The summed E-state index contributed by atoms with van der Waals surface area (Å²) < 4.78 is 0. The van der Waals surface area contributed by atoms with Gasteiger partial charge in [-0.2, -0.15) is 0 Å². The molecule has 4 aliphatic rings. The molecule has 4 saturated heterocycles. The predicted molar refractivity (Wildman–Crippen MR) is 189 cm³/mol. The van der Waals surface area contributed by atoms with E-state index in [9.17, 15) is 0 Å². The zero-order valence-electron chi connectivity index (χ0n) is 28.4. The van der Waals surface area contributed by atoms with Crippen LogP contribution in [-0.2, 0) is 0 Å². The van der Waals surface area contributed by atoms with E-state index in [0.29, 0.717) is 0 Å². The molecule has 250 valence electrons. The van der Waals surface area contributed by atoms with E-state index >= 15 is 0 Å². The van der Waals surface area contributed by atoms with Crippen molar-refractivity contribution >= 4 is 0 Å². The van der Waals surface area contributed by atoms with Gasteiger partial charge in [-0.15, -0.1) is 0 Å². The highest BCUT2D eigenvalue weighted by Gasteiger charge is 2.13. The first-order valence-corrected chi connectivity index (χ1v) is 17.5. The van der Waals surface area contributed by atoms with Gasteiger partial charge >= 0.3 is 0 Å². The zero-order chi connectivity index (χ0) is 28.9. The van der Waals surface area contributed by atoms with E-state index < -0.39 is 0 Å². The number of hydrogen-bond donors (Lipinski definition) is 0. The minimum atomic E-state index is 0. The van der Waals surface area contributed by atoms with Gasteiger partial charge in [0.15, 0.2) is 0 Å². The lowest BCUT2D eigenvalue weighted by Gasteiger charge is -2.27. The smallest absolute Gasteiger partial charge is 0.000438 e. The Morgan fingerprint density at radius 3 is 0.585 bits per heavy atom. The number of likely N-dealkylation sites (tertiary alicyclic amines) is 4. The average molecular weight is 583 g/mol. The standard InChI is InChI=1S/3C9H19N.C8H17N.2CH4/c3*1-9(2)8-10-6-4-3-5-7-10;1-8(2)7-9-5-3-4-6-9;;/h3*9H,3-8H2,1-2H3;8H,3-7H2,1-2H3;2*1H4. The molecule has 0 unspecified atom stereocenters. The molecule has 4 nitrogen and oxygen atoms in total. The van der Waals surface area contributed by atoms with Gasteiger partial charge < -0.3 is 19.6 Å². The Kier molecular flexibility index (Phi) is 28.7. The summed E-state index contributed by atoms with van der Waals surface area (Å²) in [5, 5.41) is 0. The van der Waals surface area contributed by atoms with Gasteiger partial charge in [-0.3, -0.25) is 0 Å². The second-order valence-electron chi connectivity index (χ2n) is 14.7. The summed E-state index contributed by atoms with van der Waals surface area (Å²) in [6, 6.07) is 0. The molecule has 0 spiro atoms. The van der Waals surface area contributed by atoms with Crippen LogP contribution >= 0.6 is 0 Å². The van der Waals surface area contributed by atoms with Crippen molar-refractivity contribution in [2.75, 3.05) is 78.5 Å². The van der Waals surface area contributed by atoms with Crippen LogP contribution in [0.15, 0.2) is 0 Å². The summed E-state index contributed by atoms with van der Waals surface area (Å²) in [6.45, 7) is 34.4. The van der Waals surface area contributed by atoms with Gasteiger partial charge in [-0.1, -0.05) is 89.5 Å². The van der Waals surface area contributed by atoms with Crippen LogP contribution in [0.1, 0.15) is 141 Å². The van der Waals surface area contributed by atoms with Crippen LogP contribution in [0, 0.1) is 23.7 Å². The lowest BCUT2D eigenvalue weighted by Crippen LogP contribution is -2.32. The third-order valence-corrected chi connectivity index (χ3v) is 8.04. The molecule has 0 aromatic heterocycles. The SMILES string of the molecule is C.C.CC(C)CN1CCCC1.CC(C)CN1CCCCC1.CC(C)CN1CCCCC1.CC(C)CN1CCCCC1. The molecule has 0 radical (unpaired) electrons. The Morgan fingerprint density at radius 1 is 0.293 bits per heavy atom. The molecule has 4 heteroatoms. The molecule has 0 aromatic carbocycles. The lowest BCUT2D eigenvalue weighted by atomic mass is 10.1. The van der Waals surface area contributed by atoms with Crippen LogP contribution in [0.2, 0.25) is 0 Å². The van der Waals surface area contributed by atoms with Gasteiger partial charge in [0.1, 0.15) is 0 Å². The molecule has 0 aromatic rings. The van der Waals surface area contributed by atoms with Gasteiger partial charge in [0.05, 0.1) is 0 Å². The normalized spacial score (nSPS) is 20.8. The molecule has 41 heavy (non-hydrogen) atoms. The highest BCUT2D eigenvalue weighted by atomic mass is 15.1. The molecule has 0 bridgehead atoms. The quantitative estimate of drug-likeness (QED) is 0.283. The first kappa shape index (κ1) is 43.0. The molecular formula is C37H82N4. The molecule has 0 atom stereocenters. The molecule has 4 aliphatic heterocycles. The van der Waals surface area contributed by atoms with Crippen molar-refractivity contribution in [2.45, 2.75) is 141 Å². The Bertz CT molecular complexity index is 452. The fourth-order valence-electron chi connectivity index (χ4n) is 6.46. The summed E-state index contributed by atoms with van der Waals surface area (Å²) >= 11 is 0.